The molecule has 1 aliphatic rings. The van der Waals surface area contributed by atoms with Crippen molar-refractivity contribution in [2.24, 2.45) is 0 Å². The summed E-state index contributed by atoms with van der Waals surface area (Å²) in [4.78, 5) is 19.2. The number of rotatable bonds is 4. The third-order valence-electron chi connectivity index (χ3n) is 4.91. The van der Waals surface area contributed by atoms with E-state index in [1.807, 2.05) is 41.6 Å². The van der Waals surface area contributed by atoms with Crippen LogP contribution < -0.4 is 0 Å². The lowest BCUT2D eigenvalue weighted by Crippen LogP contribution is -2.42. The molecule has 130 valence electrons. The van der Waals surface area contributed by atoms with E-state index in [0.717, 1.165) is 49.2 Å². The highest BCUT2D eigenvalue weighted by Gasteiger charge is 2.26. The zero-order valence-electron chi connectivity index (χ0n) is 14.4. The third kappa shape index (κ3) is 3.01. The summed E-state index contributed by atoms with van der Waals surface area (Å²) in [5.41, 5.74) is 1.71. The van der Waals surface area contributed by atoms with Crippen molar-refractivity contribution >= 4 is 16.9 Å². The number of nitrogens with zero attached hydrogens (tertiary/aromatic N) is 6. The van der Waals surface area contributed by atoms with E-state index < -0.39 is 0 Å². The average Bonchev–Trinajstić information content (AvgIpc) is 3.29. The molecule has 2 aromatic heterocycles. The Bertz CT molecular complexity index is 882. The summed E-state index contributed by atoms with van der Waals surface area (Å²) in [6, 6.07) is 8.03. The molecule has 3 aromatic rings. The minimum atomic E-state index is 0.0958. The number of para-hydroxylation sites is 1. The highest BCUT2D eigenvalue weighted by Crippen LogP contribution is 2.23. The maximum absolute atomic E-state index is 12.8. The van der Waals surface area contributed by atoms with Gasteiger partial charge in [0.1, 0.15) is 17.9 Å². The van der Waals surface area contributed by atoms with Gasteiger partial charge in [-0.15, -0.1) is 5.10 Å². The molecule has 0 bridgehead atoms. The molecule has 1 fully saturated rings. The molecule has 7 heteroatoms. The van der Waals surface area contributed by atoms with E-state index in [1.165, 1.54) is 0 Å². The number of likely N-dealkylation sites (tertiary alicyclic amines) is 1. The first-order valence-corrected chi connectivity index (χ1v) is 8.84. The fourth-order valence-electron chi connectivity index (χ4n) is 3.62. The lowest BCUT2D eigenvalue weighted by Gasteiger charge is -2.34. The van der Waals surface area contributed by atoms with Crippen LogP contribution in [-0.2, 0) is 17.8 Å². The number of aryl methyl sites for hydroxylation is 1. The van der Waals surface area contributed by atoms with Crippen molar-refractivity contribution in [3.63, 3.8) is 0 Å². The number of carbonyl (C=O) groups is 1. The molecule has 1 aliphatic heterocycles. The van der Waals surface area contributed by atoms with Crippen molar-refractivity contribution in [1.29, 1.82) is 0 Å². The van der Waals surface area contributed by atoms with Gasteiger partial charge in [-0.3, -0.25) is 4.79 Å². The average molecular weight is 338 g/mol. The molecule has 0 saturated carbocycles. The molecule has 1 atom stereocenters. The van der Waals surface area contributed by atoms with Gasteiger partial charge in [0.2, 0.25) is 5.91 Å². The molecule has 7 nitrogen and oxygen atoms in total. The lowest BCUT2D eigenvalue weighted by molar-refractivity contribution is -0.133. The lowest BCUT2D eigenvalue weighted by atomic mass is 10.1. The van der Waals surface area contributed by atoms with Crippen LogP contribution in [0.3, 0.4) is 0 Å². The molecule has 25 heavy (non-hydrogen) atoms. The van der Waals surface area contributed by atoms with Crippen LogP contribution in [0.2, 0.25) is 0 Å². The van der Waals surface area contributed by atoms with Gasteiger partial charge in [-0.25, -0.2) is 9.67 Å². The second kappa shape index (κ2) is 6.66. The molecule has 4 rings (SSSR count). The van der Waals surface area contributed by atoms with E-state index in [4.69, 9.17) is 0 Å². The molecular formula is C18H22N6O. The van der Waals surface area contributed by atoms with E-state index in [-0.39, 0.29) is 12.5 Å². The maximum Gasteiger partial charge on any atom is 0.244 e. The van der Waals surface area contributed by atoms with E-state index in [0.29, 0.717) is 6.04 Å². The zero-order chi connectivity index (χ0) is 17.2. The quantitative estimate of drug-likeness (QED) is 0.730. The highest BCUT2D eigenvalue weighted by atomic mass is 16.2. The van der Waals surface area contributed by atoms with Crippen LogP contribution in [0.15, 0.2) is 36.7 Å². The summed E-state index contributed by atoms with van der Waals surface area (Å²) in [5.74, 6) is 1.18. The number of benzene rings is 1. The first-order chi connectivity index (χ1) is 12.3. The van der Waals surface area contributed by atoms with Crippen LogP contribution in [0.25, 0.3) is 11.0 Å². The van der Waals surface area contributed by atoms with Gasteiger partial charge in [-0.2, -0.15) is 0 Å². The Morgan fingerprint density at radius 3 is 3.08 bits per heavy atom. The van der Waals surface area contributed by atoms with E-state index in [2.05, 4.69) is 26.8 Å². The fourth-order valence-corrected chi connectivity index (χ4v) is 3.62. The fraction of sp³-hybridized carbons (Fsp3) is 0.444. The standard InChI is InChI=1S/C18H22N6O/c1-2-17-19-9-11-23(17)14-6-5-10-22(12-14)18(25)13-24-16-8-4-3-7-15(16)20-21-24/h3-4,7-9,11,14H,2,5-6,10,12-13H2,1H3/t14-/m0/s1. The van der Waals surface area contributed by atoms with Crippen molar-refractivity contribution < 1.29 is 4.79 Å². The summed E-state index contributed by atoms with van der Waals surface area (Å²) in [6.07, 6.45) is 6.88. The summed E-state index contributed by atoms with van der Waals surface area (Å²) in [6.45, 7) is 3.88. The first-order valence-electron chi connectivity index (χ1n) is 8.84. The molecule has 1 amide bonds. The summed E-state index contributed by atoms with van der Waals surface area (Å²) < 4.78 is 3.92. The predicted molar refractivity (Wildman–Crippen MR) is 94.0 cm³/mol. The first kappa shape index (κ1) is 15.8. The Kier molecular flexibility index (Phi) is 4.21. The molecular weight excluding hydrogens is 316 g/mol. The molecule has 0 radical (unpaired) electrons. The Balaban J connectivity index is 1.48. The molecule has 0 unspecified atom stereocenters. The Hall–Kier alpha value is -2.70. The van der Waals surface area contributed by atoms with Crippen LogP contribution in [-0.4, -0.2) is 48.4 Å². The SMILES string of the molecule is CCc1nccn1[C@H]1CCCN(C(=O)Cn2nnc3ccccc32)C1. The van der Waals surface area contributed by atoms with Crippen LogP contribution in [0.1, 0.15) is 31.6 Å². The Morgan fingerprint density at radius 1 is 1.32 bits per heavy atom. The maximum atomic E-state index is 12.8. The number of fused-ring (bicyclic) bond motifs is 1. The van der Waals surface area contributed by atoms with Crippen LogP contribution in [0.5, 0.6) is 0 Å². The molecule has 1 saturated heterocycles. The van der Waals surface area contributed by atoms with Gasteiger partial charge in [0.15, 0.2) is 0 Å². The third-order valence-corrected chi connectivity index (χ3v) is 4.91. The molecule has 1 aromatic carbocycles. The number of hydrogen-bond donors (Lipinski definition) is 0. The summed E-state index contributed by atoms with van der Waals surface area (Å²) in [7, 11) is 0. The van der Waals surface area contributed by atoms with Crippen LogP contribution in [0, 0.1) is 0 Å². The Morgan fingerprint density at radius 2 is 2.20 bits per heavy atom. The van der Waals surface area contributed by atoms with Gasteiger partial charge in [0, 0.05) is 31.9 Å². The summed E-state index contributed by atoms with van der Waals surface area (Å²) >= 11 is 0. The highest BCUT2D eigenvalue weighted by molar-refractivity contribution is 5.79. The minimum Gasteiger partial charge on any atom is -0.339 e. The minimum absolute atomic E-state index is 0.0958. The molecule has 0 N–H and O–H groups in total. The topological polar surface area (TPSA) is 68.8 Å². The van der Waals surface area contributed by atoms with E-state index >= 15 is 0 Å². The van der Waals surface area contributed by atoms with Crippen molar-refractivity contribution in [1.82, 2.24) is 29.4 Å². The van der Waals surface area contributed by atoms with Gasteiger partial charge in [0.25, 0.3) is 0 Å². The number of piperidine rings is 1. The van der Waals surface area contributed by atoms with Crippen molar-refractivity contribution in [2.75, 3.05) is 13.1 Å². The monoisotopic (exact) mass is 338 g/mol. The van der Waals surface area contributed by atoms with Crippen molar-refractivity contribution in [3.8, 4) is 0 Å². The van der Waals surface area contributed by atoms with Crippen molar-refractivity contribution in [2.45, 2.75) is 38.8 Å². The number of aromatic nitrogens is 5. The number of hydrogen-bond acceptors (Lipinski definition) is 4. The molecule has 0 spiro atoms. The molecule has 0 aliphatic carbocycles. The smallest absolute Gasteiger partial charge is 0.244 e. The number of imidazole rings is 1. The van der Waals surface area contributed by atoms with Gasteiger partial charge >= 0.3 is 0 Å². The number of amides is 1. The largest absolute Gasteiger partial charge is 0.339 e. The van der Waals surface area contributed by atoms with Crippen LogP contribution in [0.4, 0.5) is 0 Å². The van der Waals surface area contributed by atoms with Gasteiger partial charge in [-0.1, -0.05) is 24.3 Å². The second-order valence-electron chi connectivity index (χ2n) is 6.48. The summed E-state index contributed by atoms with van der Waals surface area (Å²) in [5, 5.41) is 8.26. The van der Waals surface area contributed by atoms with Gasteiger partial charge in [-0.05, 0) is 25.0 Å². The normalized spacial score (nSPS) is 18.0. The number of carbonyl (C=O) groups excluding carboxylic acids is 1. The predicted octanol–water partition coefficient (Wildman–Crippen LogP) is 2.05. The second-order valence-corrected chi connectivity index (χ2v) is 6.48. The van der Waals surface area contributed by atoms with E-state index in [9.17, 15) is 4.79 Å². The molecule has 3 heterocycles. The van der Waals surface area contributed by atoms with Crippen molar-refractivity contribution in [3.05, 3.63) is 42.5 Å². The Labute approximate surface area is 146 Å². The van der Waals surface area contributed by atoms with E-state index in [1.54, 1.807) is 4.68 Å². The van der Waals surface area contributed by atoms with Crippen LogP contribution >= 0.6 is 0 Å². The van der Waals surface area contributed by atoms with Gasteiger partial charge in [0.05, 0.1) is 11.6 Å². The van der Waals surface area contributed by atoms with Gasteiger partial charge < -0.3 is 9.47 Å². The zero-order valence-corrected chi connectivity index (χ0v) is 14.4.